The van der Waals surface area contributed by atoms with E-state index in [1.165, 1.54) is 17.0 Å². The van der Waals surface area contributed by atoms with E-state index >= 15 is 0 Å². The van der Waals surface area contributed by atoms with Crippen molar-refractivity contribution in [3.63, 3.8) is 0 Å². The van der Waals surface area contributed by atoms with Crippen LogP contribution in [0.1, 0.15) is 12.0 Å². The van der Waals surface area contributed by atoms with Crippen LogP contribution in [0.25, 0.3) is 10.8 Å². The van der Waals surface area contributed by atoms with E-state index in [2.05, 4.69) is 27.2 Å². The third-order valence-corrected chi connectivity index (χ3v) is 5.35. The van der Waals surface area contributed by atoms with Gasteiger partial charge in [0, 0.05) is 43.0 Å². The second kappa shape index (κ2) is 11.2. The Labute approximate surface area is 195 Å². The first-order valence-electron chi connectivity index (χ1n) is 10.1. The number of hydrogen-bond donors (Lipinski definition) is 2. The standard InChI is InChI=1S/C23H23ClFN5O3/c1-3-5-18(30(2)22(31)28-13-16-6-4-7-19(25)21(16)24)14-33-23(32)29-20-10-17-11-26-9-8-15(17)12-27-20/h3-4,6-12,18H,1,5,13-14H2,2H3,(H,28,31)(H,27,29,32)/t18-/m0/s1. The van der Waals surface area contributed by atoms with Crippen molar-refractivity contribution < 1.29 is 18.7 Å². The molecule has 8 nitrogen and oxygen atoms in total. The molecule has 0 aliphatic heterocycles. The fourth-order valence-corrected chi connectivity index (χ4v) is 3.23. The number of halogens is 2. The van der Waals surface area contributed by atoms with Gasteiger partial charge in [-0.2, -0.15) is 0 Å². The second-order valence-electron chi connectivity index (χ2n) is 7.18. The van der Waals surface area contributed by atoms with Gasteiger partial charge in [0.1, 0.15) is 18.2 Å². The van der Waals surface area contributed by atoms with Crippen molar-refractivity contribution in [3.05, 3.63) is 78.0 Å². The van der Waals surface area contributed by atoms with Gasteiger partial charge in [0.25, 0.3) is 0 Å². The van der Waals surface area contributed by atoms with Gasteiger partial charge in [-0.3, -0.25) is 10.3 Å². The SMILES string of the molecule is C=CC[C@@H](COC(=O)Nc1cc2cnccc2cn1)N(C)C(=O)NCc1cccc(F)c1Cl. The van der Waals surface area contributed by atoms with Crippen molar-refractivity contribution in [2.75, 3.05) is 19.0 Å². The monoisotopic (exact) mass is 471 g/mol. The lowest BCUT2D eigenvalue weighted by atomic mass is 10.2. The molecule has 3 amide bonds. The van der Waals surface area contributed by atoms with E-state index in [1.807, 2.05) is 6.07 Å². The molecule has 2 aromatic heterocycles. The Kier molecular flexibility index (Phi) is 8.15. The van der Waals surface area contributed by atoms with Crippen LogP contribution in [0, 0.1) is 5.82 Å². The molecule has 3 rings (SSSR count). The average Bonchev–Trinajstić information content (AvgIpc) is 2.82. The van der Waals surface area contributed by atoms with Gasteiger partial charge >= 0.3 is 12.1 Å². The van der Waals surface area contributed by atoms with Crippen LogP contribution < -0.4 is 10.6 Å². The number of nitrogens with one attached hydrogen (secondary N) is 2. The molecule has 0 aliphatic carbocycles. The first-order chi connectivity index (χ1) is 15.9. The largest absolute Gasteiger partial charge is 0.447 e. The maximum Gasteiger partial charge on any atom is 0.412 e. The average molecular weight is 472 g/mol. The number of likely N-dealkylation sites (N-methyl/N-ethyl adjacent to an activating group) is 1. The number of hydrogen-bond acceptors (Lipinski definition) is 5. The summed E-state index contributed by atoms with van der Waals surface area (Å²) in [6.07, 6.45) is 6.24. The van der Waals surface area contributed by atoms with Crippen LogP contribution in [0.15, 0.2) is 61.6 Å². The van der Waals surface area contributed by atoms with Crippen molar-refractivity contribution in [2.45, 2.75) is 19.0 Å². The quantitative estimate of drug-likeness (QED) is 0.462. The summed E-state index contributed by atoms with van der Waals surface area (Å²) in [5, 5.41) is 6.91. The summed E-state index contributed by atoms with van der Waals surface area (Å²) in [6, 6.07) is 6.97. The van der Waals surface area contributed by atoms with Crippen LogP contribution in [-0.2, 0) is 11.3 Å². The summed E-state index contributed by atoms with van der Waals surface area (Å²) in [5.41, 5.74) is 0.451. The second-order valence-corrected chi connectivity index (χ2v) is 7.55. The van der Waals surface area contributed by atoms with Gasteiger partial charge in [0.15, 0.2) is 0 Å². The van der Waals surface area contributed by atoms with Crippen molar-refractivity contribution in [2.24, 2.45) is 0 Å². The molecule has 0 saturated heterocycles. The van der Waals surface area contributed by atoms with E-state index in [0.29, 0.717) is 17.8 Å². The Morgan fingerprint density at radius 2 is 2.12 bits per heavy atom. The highest BCUT2D eigenvalue weighted by Crippen LogP contribution is 2.19. The summed E-state index contributed by atoms with van der Waals surface area (Å²) in [6.45, 7) is 3.67. The van der Waals surface area contributed by atoms with Crippen LogP contribution >= 0.6 is 11.6 Å². The highest BCUT2D eigenvalue weighted by Gasteiger charge is 2.21. The molecule has 3 aromatic rings. The normalized spacial score (nSPS) is 11.5. The van der Waals surface area contributed by atoms with Gasteiger partial charge in [0.2, 0.25) is 0 Å². The van der Waals surface area contributed by atoms with Crippen molar-refractivity contribution >= 4 is 40.3 Å². The van der Waals surface area contributed by atoms with Gasteiger partial charge in [-0.15, -0.1) is 6.58 Å². The lowest BCUT2D eigenvalue weighted by molar-refractivity contribution is 0.118. The minimum Gasteiger partial charge on any atom is -0.447 e. The smallest absolute Gasteiger partial charge is 0.412 e. The fourth-order valence-electron chi connectivity index (χ4n) is 3.04. The minimum atomic E-state index is -0.708. The number of rotatable bonds is 8. The third-order valence-electron chi connectivity index (χ3n) is 4.93. The van der Waals surface area contributed by atoms with E-state index in [4.69, 9.17) is 16.3 Å². The van der Waals surface area contributed by atoms with Crippen molar-refractivity contribution in [3.8, 4) is 0 Å². The summed E-state index contributed by atoms with van der Waals surface area (Å²) in [7, 11) is 1.57. The number of nitrogens with zero attached hydrogens (tertiary/aromatic N) is 3. The number of fused-ring (bicyclic) bond motifs is 1. The van der Waals surface area contributed by atoms with E-state index < -0.39 is 24.0 Å². The predicted molar refractivity (Wildman–Crippen MR) is 125 cm³/mol. The van der Waals surface area contributed by atoms with Crippen LogP contribution in [-0.4, -0.2) is 46.7 Å². The maximum atomic E-state index is 13.6. The van der Waals surface area contributed by atoms with Gasteiger partial charge < -0.3 is 15.0 Å². The third kappa shape index (κ3) is 6.39. The van der Waals surface area contributed by atoms with Crippen molar-refractivity contribution in [1.82, 2.24) is 20.2 Å². The zero-order valence-corrected chi connectivity index (χ0v) is 18.7. The zero-order valence-electron chi connectivity index (χ0n) is 17.9. The molecular weight excluding hydrogens is 449 g/mol. The number of pyridine rings is 2. The maximum absolute atomic E-state index is 13.6. The number of ether oxygens (including phenoxy) is 1. The molecular formula is C23H23ClFN5O3. The Morgan fingerprint density at radius 1 is 1.30 bits per heavy atom. The van der Waals surface area contributed by atoms with E-state index in [-0.39, 0.29) is 18.2 Å². The lowest BCUT2D eigenvalue weighted by Gasteiger charge is -2.27. The van der Waals surface area contributed by atoms with Crippen LogP contribution in [0.3, 0.4) is 0 Å². The van der Waals surface area contributed by atoms with E-state index in [1.54, 1.807) is 43.8 Å². The first-order valence-corrected chi connectivity index (χ1v) is 10.4. The number of anilines is 1. The molecule has 1 atom stereocenters. The summed E-state index contributed by atoms with van der Waals surface area (Å²) in [4.78, 5) is 34.4. The molecule has 172 valence electrons. The molecule has 0 aliphatic rings. The highest BCUT2D eigenvalue weighted by atomic mass is 35.5. The molecule has 33 heavy (non-hydrogen) atoms. The van der Waals surface area contributed by atoms with Crippen molar-refractivity contribution in [1.29, 1.82) is 0 Å². The topological polar surface area (TPSA) is 96.4 Å². The number of urea groups is 1. The molecule has 0 unspecified atom stereocenters. The Morgan fingerprint density at radius 3 is 2.91 bits per heavy atom. The molecule has 0 saturated carbocycles. The van der Waals surface area contributed by atoms with Gasteiger partial charge in [-0.25, -0.2) is 19.0 Å². The highest BCUT2D eigenvalue weighted by molar-refractivity contribution is 6.31. The molecule has 0 fully saturated rings. The number of amides is 3. The molecule has 2 N–H and O–H groups in total. The minimum absolute atomic E-state index is 0.0406. The van der Waals surface area contributed by atoms with Crippen LogP contribution in [0.2, 0.25) is 5.02 Å². The van der Waals surface area contributed by atoms with Crippen LogP contribution in [0.5, 0.6) is 0 Å². The molecule has 2 heterocycles. The molecule has 10 heteroatoms. The predicted octanol–water partition coefficient (Wildman–Crippen LogP) is 4.76. The van der Waals surface area contributed by atoms with E-state index in [0.717, 1.165) is 10.8 Å². The fraction of sp³-hybridized carbons (Fsp3) is 0.217. The Hall–Kier alpha value is -3.72. The zero-order chi connectivity index (χ0) is 23.8. The summed E-state index contributed by atoms with van der Waals surface area (Å²) >= 11 is 5.93. The van der Waals surface area contributed by atoms with Gasteiger partial charge in [-0.05, 0) is 30.2 Å². The molecule has 0 radical (unpaired) electrons. The van der Waals surface area contributed by atoms with Gasteiger partial charge in [0.05, 0.1) is 11.1 Å². The summed E-state index contributed by atoms with van der Waals surface area (Å²) < 4.78 is 18.9. The lowest BCUT2D eigenvalue weighted by Crippen LogP contribution is -2.45. The number of aromatic nitrogens is 2. The Balaban J connectivity index is 1.54. The number of carbonyl (C=O) groups is 2. The van der Waals surface area contributed by atoms with E-state index in [9.17, 15) is 14.0 Å². The first kappa shape index (κ1) is 23.9. The Bertz CT molecular complexity index is 1160. The summed E-state index contributed by atoms with van der Waals surface area (Å²) in [5.74, 6) is -0.239. The van der Waals surface area contributed by atoms with Gasteiger partial charge in [-0.1, -0.05) is 29.8 Å². The molecule has 1 aromatic carbocycles. The molecule has 0 spiro atoms. The van der Waals surface area contributed by atoms with Crippen LogP contribution in [0.4, 0.5) is 19.8 Å². The number of benzene rings is 1. The number of carbonyl (C=O) groups excluding carboxylic acids is 2. The molecule has 0 bridgehead atoms.